The van der Waals surface area contributed by atoms with Crippen LogP contribution in [0.5, 0.6) is 0 Å². The Labute approximate surface area is 160 Å². The molecule has 4 aromatic carbocycles. The van der Waals surface area contributed by atoms with Gasteiger partial charge in [-0.1, -0.05) is 110 Å². The molecular weight excluding hydrogens is 328 g/mol. The summed E-state index contributed by atoms with van der Waals surface area (Å²) in [5.41, 5.74) is 3.15. The van der Waals surface area contributed by atoms with Crippen LogP contribution in [0.2, 0.25) is 0 Å². The van der Waals surface area contributed by atoms with E-state index in [1.54, 1.807) is 0 Å². The highest BCUT2D eigenvalue weighted by Gasteiger charge is 2.37. The van der Waals surface area contributed by atoms with Crippen LogP contribution >= 0.6 is 0 Å². The SMILES string of the molecule is C[C@@](CO)(c1ccc2ccccc2c1)C(c1ccccc1)c1ccccc1. The summed E-state index contributed by atoms with van der Waals surface area (Å²) in [6.45, 7) is 2.24. The van der Waals surface area contributed by atoms with Crippen LogP contribution in [-0.2, 0) is 5.41 Å². The van der Waals surface area contributed by atoms with Crippen LogP contribution in [0.25, 0.3) is 10.8 Å². The first-order chi connectivity index (χ1) is 13.2. The van der Waals surface area contributed by atoms with Crippen molar-refractivity contribution in [2.24, 2.45) is 0 Å². The molecular formula is C26H24O. The Balaban J connectivity index is 1.91. The number of hydrogen-bond donors (Lipinski definition) is 1. The van der Waals surface area contributed by atoms with E-state index in [1.165, 1.54) is 21.9 Å². The first kappa shape index (κ1) is 17.5. The number of aliphatic hydroxyl groups is 1. The van der Waals surface area contributed by atoms with E-state index < -0.39 is 5.41 Å². The average molecular weight is 352 g/mol. The molecule has 4 aromatic rings. The van der Waals surface area contributed by atoms with E-state index in [4.69, 9.17) is 0 Å². The Hall–Kier alpha value is -2.90. The zero-order valence-electron chi connectivity index (χ0n) is 15.5. The molecule has 0 aliphatic heterocycles. The topological polar surface area (TPSA) is 20.2 Å². The molecule has 134 valence electrons. The number of hydrogen-bond acceptors (Lipinski definition) is 1. The predicted octanol–water partition coefficient (Wildman–Crippen LogP) is 5.92. The fourth-order valence-corrected chi connectivity index (χ4v) is 4.11. The molecule has 27 heavy (non-hydrogen) atoms. The molecule has 0 spiro atoms. The molecule has 0 saturated heterocycles. The molecule has 0 bridgehead atoms. The normalized spacial score (nSPS) is 13.6. The van der Waals surface area contributed by atoms with E-state index >= 15 is 0 Å². The van der Waals surface area contributed by atoms with E-state index in [0.29, 0.717) is 0 Å². The van der Waals surface area contributed by atoms with Crippen molar-refractivity contribution in [1.29, 1.82) is 0 Å². The van der Waals surface area contributed by atoms with Crippen LogP contribution in [-0.4, -0.2) is 11.7 Å². The van der Waals surface area contributed by atoms with E-state index in [-0.39, 0.29) is 12.5 Å². The van der Waals surface area contributed by atoms with Gasteiger partial charge in [-0.05, 0) is 27.5 Å². The van der Waals surface area contributed by atoms with E-state index in [0.717, 1.165) is 5.56 Å². The van der Waals surface area contributed by atoms with Crippen LogP contribution in [0.3, 0.4) is 0 Å². The molecule has 0 amide bonds. The molecule has 0 heterocycles. The molecule has 1 atom stereocenters. The van der Waals surface area contributed by atoms with Gasteiger partial charge in [-0.25, -0.2) is 0 Å². The fraction of sp³-hybridized carbons (Fsp3) is 0.154. The summed E-state index contributed by atoms with van der Waals surface area (Å²) < 4.78 is 0. The van der Waals surface area contributed by atoms with Gasteiger partial charge in [0, 0.05) is 11.3 Å². The average Bonchev–Trinajstić information content (AvgIpc) is 2.75. The molecule has 0 radical (unpaired) electrons. The maximum atomic E-state index is 10.6. The van der Waals surface area contributed by atoms with E-state index in [1.807, 2.05) is 12.1 Å². The Morgan fingerprint density at radius 3 is 1.74 bits per heavy atom. The molecule has 0 fully saturated rings. The first-order valence-corrected chi connectivity index (χ1v) is 9.42. The van der Waals surface area contributed by atoms with Gasteiger partial charge in [-0.3, -0.25) is 0 Å². The first-order valence-electron chi connectivity index (χ1n) is 9.42. The quantitative estimate of drug-likeness (QED) is 0.472. The van der Waals surface area contributed by atoms with Gasteiger partial charge in [-0.15, -0.1) is 0 Å². The molecule has 0 aliphatic rings. The number of benzene rings is 4. The molecule has 0 saturated carbocycles. The summed E-state index contributed by atoms with van der Waals surface area (Å²) in [6, 6.07) is 35.9. The second-order valence-corrected chi connectivity index (χ2v) is 7.39. The molecule has 0 aromatic heterocycles. The zero-order valence-corrected chi connectivity index (χ0v) is 15.5. The lowest BCUT2D eigenvalue weighted by atomic mass is 9.66. The van der Waals surface area contributed by atoms with Gasteiger partial charge in [0.2, 0.25) is 0 Å². The molecule has 4 rings (SSSR count). The van der Waals surface area contributed by atoms with Crippen molar-refractivity contribution in [2.45, 2.75) is 18.3 Å². The smallest absolute Gasteiger partial charge is 0.0534 e. The Kier molecular flexibility index (Phi) is 4.79. The molecule has 1 N–H and O–H groups in total. The Bertz CT molecular complexity index is 984. The van der Waals surface area contributed by atoms with Gasteiger partial charge in [0.05, 0.1) is 6.61 Å². The highest BCUT2D eigenvalue weighted by Crippen LogP contribution is 2.43. The second-order valence-electron chi connectivity index (χ2n) is 7.39. The van der Waals surface area contributed by atoms with Crippen molar-refractivity contribution in [2.75, 3.05) is 6.61 Å². The van der Waals surface area contributed by atoms with Crippen LogP contribution < -0.4 is 0 Å². The van der Waals surface area contributed by atoms with Crippen LogP contribution in [0, 0.1) is 0 Å². The fourth-order valence-electron chi connectivity index (χ4n) is 4.11. The van der Waals surface area contributed by atoms with Crippen LogP contribution in [0.1, 0.15) is 29.5 Å². The minimum Gasteiger partial charge on any atom is -0.395 e. The van der Waals surface area contributed by atoms with Gasteiger partial charge in [0.1, 0.15) is 0 Å². The van der Waals surface area contributed by atoms with Gasteiger partial charge in [-0.2, -0.15) is 0 Å². The number of fused-ring (bicyclic) bond motifs is 1. The lowest BCUT2D eigenvalue weighted by Gasteiger charge is -2.38. The number of rotatable bonds is 5. The summed E-state index contributed by atoms with van der Waals surface area (Å²) in [5, 5.41) is 13.0. The Morgan fingerprint density at radius 1 is 0.667 bits per heavy atom. The van der Waals surface area contributed by atoms with Crippen molar-refractivity contribution >= 4 is 10.8 Å². The summed E-state index contributed by atoms with van der Waals surface area (Å²) in [7, 11) is 0. The van der Waals surface area contributed by atoms with Crippen molar-refractivity contribution in [1.82, 2.24) is 0 Å². The van der Waals surface area contributed by atoms with E-state index in [9.17, 15) is 5.11 Å². The lowest BCUT2D eigenvalue weighted by molar-refractivity contribution is 0.191. The lowest BCUT2D eigenvalue weighted by Crippen LogP contribution is -2.35. The predicted molar refractivity (Wildman–Crippen MR) is 113 cm³/mol. The summed E-state index contributed by atoms with van der Waals surface area (Å²) in [5.74, 6) is 0.0612. The van der Waals surface area contributed by atoms with Crippen molar-refractivity contribution in [3.8, 4) is 0 Å². The maximum absolute atomic E-state index is 10.6. The third kappa shape index (κ3) is 3.27. The maximum Gasteiger partial charge on any atom is 0.0534 e. The van der Waals surface area contributed by atoms with Crippen molar-refractivity contribution in [3.05, 3.63) is 120 Å². The molecule has 1 nitrogen and oxygen atoms in total. The molecule has 0 aliphatic carbocycles. The molecule has 1 heteroatoms. The highest BCUT2D eigenvalue weighted by molar-refractivity contribution is 5.83. The monoisotopic (exact) mass is 352 g/mol. The van der Waals surface area contributed by atoms with Crippen molar-refractivity contribution in [3.63, 3.8) is 0 Å². The molecule has 0 unspecified atom stereocenters. The largest absolute Gasteiger partial charge is 0.395 e. The van der Waals surface area contributed by atoms with Gasteiger partial charge >= 0.3 is 0 Å². The van der Waals surface area contributed by atoms with Gasteiger partial charge < -0.3 is 5.11 Å². The Morgan fingerprint density at radius 2 is 1.19 bits per heavy atom. The summed E-state index contributed by atoms with van der Waals surface area (Å²) in [6.07, 6.45) is 0. The van der Waals surface area contributed by atoms with Crippen LogP contribution in [0.4, 0.5) is 0 Å². The standard InChI is InChI=1S/C26H24O/c1-26(19-27,24-17-16-20-10-8-9-15-23(20)18-24)25(21-11-4-2-5-12-21)22-13-6-3-7-14-22/h2-18,25,27H,19H2,1H3/t26-/m1/s1. The minimum absolute atomic E-state index is 0.0612. The number of aliphatic hydroxyl groups excluding tert-OH is 1. The third-order valence-corrected chi connectivity index (χ3v) is 5.64. The minimum atomic E-state index is -0.438. The highest BCUT2D eigenvalue weighted by atomic mass is 16.3. The van der Waals surface area contributed by atoms with Gasteiger partial charge in [0.25, 0.3) is 0 Å². The van der Waals surface area contributed by atoms with Crippen molar-refractivity contribution < 1.29 is 5.11 Å². The summed E-state index contributed by atoms with van der Waals surface area (Å²) in [4.78, 5) is 0. The zero-order chi connectivity index (χ0) is 18.7. The third-order valence-electron chi connectivity index (χ3n) is 5.64. The van der Waals surface area contributed by atoms with E-state index in [2.05, 4.69) is 97.9 Å². The second kappa shape index (κ2) is 7.38. The summed E-state index contributed by atoms with van der Waals surface area (Å²) >= 11 is 0. The van der Waals surface area contributed by atoms with Crippen LogP contribution in [0.15, 0.2) is 103 Å². The van der Waals surface area contributed by atoms with Gasteiger partial charge in [0.15, 0.2) is 0 Å².